The highest BCUT2D eigenvalue weighted by Gasteiger charge is 2.13. The lowest BCUT2D eigenvalue weighted by atomic mass is 10.2. The Labute approximate surface area is 106 Å². The van der Waals surface area contributed by atoms with E-state index in [0.29, 0.717) is 6.42 Å². The second kappa shape index (κ2) is 10.5. The molecule has 0 aliphatic rings. The van der Waals surface area contributed by atoms with Crippen molar-refractivity contribution in [2.45, 2.75) is 25.9 Å². The third kappa shape index (κ3) is 8.49. The second-order valence-electron chi connectivity index (χ2n) is 3.23. The summed E-state index contributed by atoms with van der Waals surface area (Å²) in [4.78, 5) is 22.0. The lowest BCUT2D eigenvalue weighted by molar-refractivity contribution is -0.152. The highest BCUT2D eigenvalue weighted by atomic mass is 16.5. The minimum Gasteiger partial charge on any atom is -0.464 e. The van der Waals surface area contributed by atoms with Crippen molar-refractivity contribution < 1.29 is 29.3 Å². The number of carbonyl (C=O) groups excluding carboxylic acids is 2. The topological polar surface area (TPSA) is 93.1 Å². The van der Waals surface area contributed by atoms with Crippen molar-refractivity contribution in [2.75, 3.05) is 13.2 Å². The smallest absolute Gasteiger partial charge is 0.335 e. The zero-order chi connectivity index (χ0) is 13.8. The summed E-state index contributed by atoms with van der Waals surface area (Å²) in [6.07, 6.45) is 4.22. The summed E-state index contributed by atoms with van der Waals surface area (Å²) < 4.78 is 9.21. The number of hydrogen-bond donors (Lipinski definition) is 2. The first-order valence-corrected chi connectivity index (χ1v) is 5.59. The lowest BCUT2D eigenvalue weighted by Gasteiger charge is -2.05. The number of hydrogen-bond acceptors (Lipinski definition) is 6. The van der Waals surface area contributed by atoms with Gasteiger partial charge in [0.15, 0.2) is 6.10 Å². The Morgan fingerprint density at radius 3 is 2.67 bits per heavy atom. The van der Waals surface area contributed by atoms with Gasteiger partial charge in [0.05, 0.1) is 12.9 Å². The highest BCUT2D eigenvalue weighted by molar-refractivity contribution is 5.82. The van der Waals surface area contributed by atoms with Crippen molar-refractivity contribution in [3.05, 3.63) is 24.5 Å². The first-order valence-electron chi connectivity index (χ1n) is 5.59. The molecule has 102 valence electrons. The van der Waals surface area contributed by atoms with Crippen LogP contribution in [0.3, 0.4) is 0 Å². The van der Waals surface area contributed by atoms with Gasteiger partial charge in [0, 0.05) is 19.1 Å². The van der Waals surface area contributed by atoms with E-state index >= 15 is 0 Å². The molecule has 0 spiro atoms. The van der Waals surface area contributed by atoms with Gasteiger partial charge in [-0.15, -0.1) is 0 Å². The molecule has 0 aromatic rings. The van der Waals surface area contributed by atoms with Gasteiger partial charge in [-0.3, -0.25) is 0 Å². The largest absolute Gasteiger partial charge is 0.464 e. The quantitative estimate of drug-likeness (QED) is 0.369. The first-order chi connectivity index (χ1) is 8.61. The molecule has 0 aliphatic carbocycles. The molecule has 0 amide bonds. The molecule has 6 nitrogen and oxygen atoms in total. The van der Waals surface area contributed by atoms with Gasteiger partial charge in [0.25, 0.3) is 0 Å². The van der Waals surface area contributed by atoms with E-state index in [2.05, 4.69) is 9.47 Å². The summed E-state index contributed by atoms with van der Waals surface area (Å²) in [5, 5.41) is 17.7. The van der Waals surface area contributed by atoms with Crippen molar-refractivity contribution in [3.8, 4) is 0 Å². The maximum atomic E-state index is 11.0. The molecule has 0 rings (SSSR count). The highest BCUT2D eigenvalue weighted by Crippen LogP contribution is 1.97. The van der Waals surface area contributed by atoms with Crippen LogP contribution >= 0.6 is 0 Å². The Hall–Kier alpha value is -1.66. The molecule has 0 heterocycles. The Bertz CT molecular complexity index is 308. The van der Waals surface area contributed by atoms with Crippen LogP contribution in [0.25, 0.3) is 0 Å². The molecule has 0 saturated heterocycles. The van der Waals surface area contributed by atoms with Gasteiger partial charge in [0.1, 0.15) is 0 Å². The van der Waals surface area contributed by atoms with Gasteiger partial charge < -0.3 is 19.7 Å². The van der Waals surface area contributed by atoms with E-state index in [1.165, 1.54) is 18.2 Å². The predicted molar refractivity (Wildman–Crippen MR) is 63.3 cm³/mol. The Morgan fingerprint density at radius 2 is 2.06 bits per heavy atom. The lowest BCUT2D eigenvalue weighted by Crippen LogP contribution is -2.22. The fourth-order valence-electron chi connectivity index (χ4n) is 0.928. The van der Waals surface area contributed by atoms with Gasteiger partial charge in [-0.25, -0.2) is 9.59 Å². The van der Waals surface area contributed by atoms with E-state index < -0.39 is 18.0 Å². The number of rotatable bonds is 8. The maximum absolute atomic E-state index is 11.0. The SMILES string of the molecule is CCOC(=O)C(O)CC=COC(=O)/C=C/CCO. The Morgan fingerprint density at radius 1 is 1.33 bits per heavy atom. The number of ether oxygens (including phenoxy) is 2. The normalized spacial score (nSPS) is 12.8. The van der Waals surface area contributed by atoms with E-state index in [1.807, 2.05) is 0 Å². The van der Waals surface area contributed by atoms with Crippen molar-refractivity contribution in [2.24, 2.45) is 0 Å². The Balaban J connectivity index is 3.83. The molecule has 0 saturated carbocycles. The molecule has 0 aromatic carbocycles. The van der Waals surface area contributed by atoms with E-state index in [9.17, 15) is 14.7 Å². The molecule has 1 unspecified atom stereocenters. The molecule has 18 heavy (non-hydrogen) atoms. The average molecular weight is 258 g/mol. The Kier molecular flexibility index (Phi) is 9.52. The first kappa shape index (κ1) is 16.3. The number of esters is 2. The summed E-state index contributed by atoms with van der Waals surface area (Å²) in [6, 6.07) is 0. The number of aliphatic hydroxyl groups is 2. The van der Waals surface area contributed by atoms with Crippen molar-refractivity contribution in [3.63, 3.8) is 0 Å². The molecule has 6 heteroatoms. The summed E-state index contributed by atoms with van der Waals surface area (Å²) in [7, 11) is 0. The molecule has 2 N–H and O–H groups in total. The van der Waals surface area contributed by atoms with E-state index in [0.717, 1.165) is 6.26 Å². The molecule has 0 bridgehead atoms. The van der Waals surface area contributed by atoms with Crippen LogP contribution < -0.4 is 0 Å². The van der Waals surface area contributed by atoms with Crippen LogP contribution in [0, 0.1) is 0 Å². The van der Waals surface area contributed by atoms with Crippen molar-refractivity contribution in [1.29, 1.82) is 0 Å². The summed E-state index contributed by atoms with van der Waals surface area (Å²) in [5.41, 5.74) is 0. The fraction of sp³-hybridized carbons (Fsp3) is 0.500. The molecule has 0 fully saturated rings. The van der Waals surface area contributed by atoms with Crippen LogP contribution in [0.2, 0.25) is 0 Å². The van der Waals surface area contributed by atoms with Crippen LogP contribution in [0.4, 0.5) is 0 Å². The van der Waals surface area contributed by atoms with Crippen LogP contribution in [-0.2, 0) is 19.1 Å². The summed E-state index contributed by atoms with van der Waals surface area (Å²) in [5.74, 6) is -1.30. The molecule has 1 atom stereocenters. The predicted octanol–water partition coefficient (Wildman–Crippen LogP) is 0.296. The second-order valence-corrected chi connectivity index (χ2v) is 3.23. The van der Waals surface area contributed by atoms with Gasteiger partial charge >= 0.3 is 11.9 Å². The van der Waals surface area contributed by atoms with Crippen molar-refractivity contribution >= 4 is 11.9 Å². The maximum Gasteiger partial charge on any atom is 0.335 e. The summed E-state index contributed by atoms with van der Waals surface area (Å²) in [6.45, 7) is 1.80. The molecule has 0 radical (unpaired) electrons. The average Bonchev–Trinajstić information content (AvgIpc) is 2.35. The third-order valence-electron chi connectivity index (χ3n) is 1.75. The molecular weight excluding hydrogens is 240 g/mol. The minimum atomic E-state index is -1.26. The summed E-state index contributed by atoms with van der Waals surface area (Å²) >= 11 is 0. The van der Waals surface area contributed by atoms with Gasteiger partial charge in [0.2, 0.25) is 0 Å². The zero-order valence-corrected chi connectivity index (χ0v) is 10.2. The van der Waals surface area contributed by atoms with Gasteiger partial charge in [-0.2, -0.15) is 0 Å². The number of aliphatic hydroxyl groups excluding tert-OH is 2. The fourth-order valence-corrected chi connectivity index (χ4v) is 0.928. The van der Waals surface area contributed by atoms with Crippen LogP contribution in [-0.4, -0.2) is 41.5 Å². The van der Waals surface area contributed by atoms with Crippen molar-refractivity contribution in [1.82, 2.24) is 0 Å². The number of carbonyl (C=O) groups is 2. The molecule has 0 aliphatic heterocycles. The van der Waals surface area contributed by atoms with E-state index in [1.54, 1.807) is 6.92 Å². The van der Waals surface area contributed by atoms with Gasteiger partial charge in [-0.1, -0.05) is 6.08 Å². The zero-order valence-electron chi connectivity index (χ0n) is 10.2. The molecule has 0 aromatic heterocycles. The minimum absolute atomic E-state index is 0.00642. The van der Waals surface area contributed by atoms with Gasteiger partial charge in [-0.05, 0) is 19.4 Å². The molecular formula is C12H18O6. The van der Waals surface area contributed by atoms with Crippen LogP contribution in [0.15, 0.2) is 24.5 Å². The third-order valence-corrected chi connectivity index (χ3v) is 1.75. The van der Waals surface area contributed by atoms with Crippen LogP contribution in [0.1, 0.15) is 19.8 Å². The standard InChI is InChI=1S/C12H18O6/c1-2-17-12(16)10(14)6-5-9-18-11(15)7-3-4-8-13/h3,5,7,9-10,13-14H,2,4,6,8H2,1H3/b7-3+,9-5?. The van der Waals surface area contributed by atoms with Crippen LogP contribution in [0.5, 0.6) is 0 Å². The van der Waals surface area contributed by atoms with E-state index in [-0.39, 0.29) is 19.6 Å². The monoisotopic (exact) mass is 258 g/mol. The van der Waals surface area contributed by atoms with E-state index in [4.69, 9.17) is 5.11 Å².